The molecule has 20 nitrogen and oxygen atoms in total. The molecule has 2 bridgehead atoms. The van der Waals surface area contributed by atoms with E-state index in [0.29, 0.717) is 70.1 Å². The van der Waals surface area contributed by atoms with E-state index in [0.717, 1.165) is 24.0 Å². The van der Waals surface area contributed by atoms with Crippen molar-refractivity contribution in [2.45, 2.75) is 193 Å². The molecule has 82 heavy (non-hydrogen) atoms. The van der Waals surface area contributed by atoms with Gasteiger partial charge < -0.3 is 45.3 Å². The number of nitrogens with one attached hydrogen (secondary N) is 4. The van der Waals surface area contributed by atoms with Crippen molar-refractivity contribution in [2.24, 2.45) is 23.7 Å². The van der Waals surface area contributed by atoms with Crippen molar-refractivity contribution < 1.29 is 57.4 Å². The summed E-state index contributed by atoms with van der Waals surface area (Å²) in [7, 11) is 4.72. The minimum Gasteiger partial charge on any atom is -0.444 e. The number of ether oxygens (including phenoxy) is 3. The highest BCUT2D eigenvalue weighted by Crippen LogP contribution is 2.43. The van der Waals surface area contributed by atoms with Crippen LogP contribution in [-0.2, 0) is 65.5 Å². The molecule has 20 heteroatoms. The molecular weight excluding hydrogens is 1050 g/mol. The van der Waals surface area contributed by atoms with Crippen LogP contribution < -0.4 is 21.3 Å². The number of nitrogens with zero attached hydrogens (tertiary/aromatic N) is 4. The maximum absolute atomic E-state index is 14.7. The number of hydrogen-bond donors (Lipinski definition) is 4. The first-order chi connectivity index (χ1) is 39.0. The first kappa shape index (κ1) is 64.5. The Morgan fingerprint density at radius 1 is 0.805 bits per heavy atom. The molecule has 2 saturated heterocycles. The van der Waals surface area contributed by atoms with Gasteiger partial charge in [-0.05, 0) is 107 Å². The van der Waals surface area contributed by atoms with Gasteiger partial charge in [0.1, 0.15) is 23.7 Å². The van der Waals surface area contributed by atoms with E-state index in [1.165, 1.54) is 31.3 Å². The maximum Gasteiger partial charge on any atom is 0.411 e. The molecule has 0 spiro atoms. The summed E-state index contributed by atoms with van der Waals surface area (Å²) in [5.74, 6) is -3.87. The number of amides is 9. The number of methoxy groups -OCH3 is 2. The predicted octanol–water partition coefficient (Wildman–Crippen LogP) is 6.30. The van der Waals surface area contributed by atoms with Crippen LogP contribution in [0.5, 0.6) is 0 Å². The van der Waals surface area contributed by atoms with Crippen molar-refractivity contribution in [1.82, 2.24) is 35.6 Å². The molecule has 3 aliphatic heterocycles. The second-order valence-corrected chi connectivity index (χ2v) is 24.1. The van der Waals surface area contributed by atoms with E-state index in [-0.39, 0.29) is 78.6 Å². The summed E-state index contributed by atoms with van der Waals surface area (Å²) in [4.78, 5) is 128. The van der Waals surface area contributed by atoms with Crippen molar-refractivity contribution in [3.8, 4) is 0 Å². The number of anilines is 1. The van der Waals surface area contributed by atoms with Crippen molar-refractivity contribution >= 4 is 59.0 Å². The van der Waals surface area contributed by atoms with Crippen LogP contribution in [0.3, 0.4) is 0 Å². The molecule has 2 aromatic rings. The van der Waals surface area contributed by atoms with Crippen LogP contribution in [0.25, 0.3) is 0 Å². The van der Waals surface area contributed by atoms with Crippen LogP contribution >= 0.6 is 0 Å². The van der Waals surface area contributed by atoms with E-state index in [1.807, 2.05) is 58.0 Å². The van der Waals surface area contributed by atoms with Gasteiger partial charge in [0.15, 0.2) is 0 Å². The largest absolute Gasteiger partial charge is 0.444 e. The molecule has 1 saturated carbocycles. The first-order valence-electron chi connectivity index (χ1n) is 29.4. The number of hydrogen-bond acceptors (Lipinski definition) is 12. The van der Waals surface area contributed by atoms with E-state index < -0.39 is 71.8 Å². The smallest absolute Gasteiger partial charge is 0.411 e. The van der Waals surface area contributed by atoms with Crippen LogP contribution in [-0.4, -0.2) is 161 Å². The molecular formula is C62H90N8O12. The monoisotopic (exact) mass is 1140 g/mol. The number of rotatable bonds is 28. The number of imide groups is 1. The van der Waals surface area contributed by atoms with Crippen LogP contribution in [0.15, 0.2) is 66.7 Å². The number of likely N-dealkylation sites (N-methyl/N-ethyl adjacent to an activating group) is 1. The Morgan fingerprint density at radius 3 is 2.11 bits per heavy atom. The van der Waals surface area contributed by atoms with Gasteiger partial charge in [-0.1, -0.05) is 89.9 Å². The number of fused-ring (bicyclic) bond motifs is 2. The standard InChI is InChI=1S/C62H90N8O12/c1-12-39(4)54(67(9)60(78)53(38(2)3)66-59(77)55-43-26-29-45(35-43)70(55)61(79)82-62(6,7)8)48(80-10)36-52(74)68-33-19-22-47(68)56(81-11)40(5)57(75)65-46(34-41-20-15-13-16-21-41)58(76)64-44-27-24-42(25-28-44)37-63-49(71)23-17-14-18-32-69-50(72)30-31-51(69)73/h13,15-16,20-21,24-25,27-28,30-31,38-40,43,45-48,53-56H,12,14,17-19,22-23,26,29,32-37H2,1-11H3,(H,63,71)(H,64,76)(H,65,75)(H,66,77)/t39-,40+,43-,45+,46?,47?,48+,53?,54-,55-,56+/m0/s1. The summed E-state index contributed by atoms with van der Waals surface area (Å²) in [5, 5.41) is 11.9. The van der Waals surface area contributed by atoms with Gasteiger partial charge in [-0.2, -0.15) is 0 Å². The van der Waals surface area contributed by atoms with Gasteiger partial charge in [0, 0.05) is 77.6 Å². The Balaban J connectivity index is 1.06. The van der Waals surface area contributed by atoms with E-state index in [9.17, 15) is 43.2 Å². The van der Waals surface area contributed by atoms with E-state index in [1.54, 1.807) is 73.7 Å². The van der Waals surface area contributed by atoms with Gasteiger partial charge in [-0.15, -0.1) is 0 Å². The lowest BCUT2D eigenvalue weighted by molar-refractivity contribution is -0.148. The van der Waals surface area contributed by atoms with Crippen molar-refractivity contribution in [3.63, 3.8) is 0 Å². The van der Waals surface area contributed by atoms with Gasteiger partial charge in [0.2, 0.25) is 35.4 Å². The number of unbranched alkanes of at least 4 members (excludes halogenated alkanes) is 2. The molecule has 4 aliphatic rings. The number of piperidine rings is 1. The topological polar surface area (TPSA) is 242 Å². The van der Waals surface area contributed by atoms with Gasteiger partial charge >= 0.3 is 6.09 Å². The van der Waals surface area contributed by atoms with E-state index in [4.69, 9.17) is 14.2 Å². The average Bonchev–Trinajstić information content (AvgIpc) is 4.43. The van der Waals surface area contributed by atoms with Crippen LogP contribution in [0, 0.1) is 23.7 Å². The Bertz CT molecular complexity index is 2570. The first-order valence-corrected chi connectivity index (χ1v) is 29.4. The summed E-state index contributed by atoms with van der Waals surface area (Å²) >= 11 is 0. The summed E-state index contributed by atoms with van der Waals surface area (Å²) in [5.41, 5.74) is 1.39. The quantitative estimate of drug-likeness (QED) is 0.0542. The second-order valence-electron chi connectivity index (χ2n) is 24.1. The second kappa shape index (κ2) is 29.5. The van der Waals surface area contributed by atoms with Crippen LogP contribution in [0.4, 0.5) is 10.5 Å². The lowest BCUT2D eigenvalue weighted by Crippen LogP contribution is -2.61. The molecule has 2 aromatic carbocycles. The number of carbonyl (C=O) groups is 9. The van der Waals surface area contributed by atoms with Crippen molar-refractivity contribution in [1.29, 1.82) is 0 Å². The normalized spacial score (nSPS) is 21.1. The lowest BCUT2D eigenvalue weighted by Gasteiger charge is -2.41. The van der Waals surface area contributed by atoms with Crippen LogP contribution in [0.2, 0.25) is 0 Å². The van der Waals surface area contributed by atoms with Crippen LogP contribution in [0.1, 0.15) is 137 Å². The third-order valence-corrected chi connectivity index (χ3v) is 16.8. The fourth-order valence-electron chi connectivity index (χ4n) is 12.2. The van der Waals surface area contributed by atoms with Gasteiger partial charge in [-0.25, -0.2) is 4.79 Å². The minimum absolute atomic E-state index is 0.0425. The van der Waals surface area contributed by atoms with E-state index in [2.05, 4.69) is 21.3 Å². The molecule has 9 amide bonds. The molecule has 3 fully saturated rings. The summed E-state index contributed by atoms with van der Waals surface area (Å²) in [6.45, 7) is 15.9. The Morgan fingerprint density at radius 2 is 1.49 bits per heavy atom. The van der Waals surface area contributed by atoms with Crippen molar-refractivity contribution in [2.75, 3.05) is 39.7 Å². The van der Waals surface area contributed by atoms with E-state index >= 15 is 0 Å². The SMILES string of the molecule is CC[C@H](C)[C@@H]([C@@H](CC(=O)N1CCCC1[C@H](OC)[C@@H](C)C(=O)NC(Cc1ccccc1)C(=O)Nc1ccc(CNC(=O)CCCCCN2C(=O)C=CC2=O)cc1)OC)N(C)C(=O)C(NC(=O)[C@@H]1[C@H]2CC[C@H](C2)N1C(=O)OC(C)(C)C)C(C)C. The molecule has 0 radical (unpaired) electrons. The van der Waals surface area contributed by atoms with Gasteiger partial charge in [0.25, 0.3) is 11.8 Å². The van der Waals surface area contributed by atoms with Gasteiger partial charge in [-0.3, -0.25) is 48.2 Å². The van der Waals surface area contributed by atoms with Crippen molar-refractivity contribution in [3.05, 3.63) is 77.9 Å². The fourth-order valence-corrected chi connectivity index (χ4v) is 12.2. The molecule has 11 atom stereocenters. The molecule has 3 heterocycles. The molecule has 450 valence electrons. The minimum atomic E-state index is -0.990. The summed E-state index contributed by atoms with van der Waals surface area (Å²) in [6, 6.07) is 12.5. The highest BCUT2D eigenvalue weighted by molar-refractivity contribution is 6.12. The molecule has 1 aliphatic carbocycles. The average molecular weight is 1140 g/mol. The lowest BCUT2D eigenvalue weighted by atomic mass is 9.89. The fraction of sp³-hybridized carbons (Fsp3) is 0.629. The third kappa shape index (κ3) is 16.8. The molecule has 4 N–H and O–H groups in total. The zero-order valence-corrected chi connectivity index (χ0v) is 50.1. The Kier molecular flexibility index (Phi) is 23.2. The summed E-state index contributed by atoms with van der Waals surface area (Å²) in [6.07, 6.45) is 6.99. The predicted molar refractivity (Wildman–Crippen MR) is 309 cm³/mol. The molecule has 0 aromatic heterocycles. The maximum atomic E-state index is 14.7. The Hall–Kier alpha value is -6.67. The molecule has 3 unspecified atom stereocenters. The number of benzene rings is 2. The zero-order valence-electron chi connectivity index (χ0n) is 50.1. The summed E-state index contributed by atoms with van der Waals surface area (Å²) < 4.78 is 17.9. The zero-order chi connectivity index (χ0) is 60.0. The Labute approximate surface area is 484 Å². The highest BCUT2D eigenvalue weighted by Gasteiger charge is 2.53. The number of carbonyl (C=O) groups excluding carboxylic acids is 9. The highest BCUT2D eigenvalue weighted by atomic mass is 16.6. The third-order valence-electron chi connectivity index (χ3n) is 16.8. The number of likely N-dealkylation sites (tertiary alicyclic amines) is 2. The molecule has 6 rings (SSSR count). The van der Waals surface area contributed by atoms with Gasteiger partial charge in [0.05, 0.1) is 36.6 Å².